The molecule has 0 spiro atoms. The monoisotopic (exact) mass is 471 g/mol. The van der Waals surface area contributed by atoms with E-state index in [1.165, 1.54) is 0 Å². The van der Waals surface area contributed by atoms with Gasteiger partial charge in [0.2, 0.25) is 8.13 Å². The molecule has 3 nitrogen and oxygen atoms in total. The molecule has 0 saturated heterocycles. The Kier molecular flexibility index (Phi) is 7.65. The standard InChI is InChI=1S/C12H15Cl5F5N3/c1-2-3-4-5-6-25-8(9(13,14)10(15,16)17)24(7-23-25)12(21,22)11(18,19)20/h7-8H,2-6H2,1H3. The van der Waals surface area contributed by atoms with Crippen LogP contribution in [0.1, 0.15) is 32.6 Å². The Balaban J connectivity index is 3.16. The molecular formula is C12H15Cl5F5N3. The number of hydrogen-bond donors (Lipinski definition) is 0. The molecule has 0 fully saturated rings. The molecule has 1 unspecified atom stereocenters. The minimum Gasteiger partial charge on any atom is -0.270 e. The number of hydrazone groups is 1. The van der Waals surface area contributed by atoms with Gasteiger partial charge < -0.3 is 0 Å². The van der Waals surface area contributed by atoms with E-state index in [2.05, 4.69) is 5.10 Å². The molecule has 0 aromatic carbocycles. The molecule has 0 bridgehead atoms. The number of nitrogens with zero attached hydrogens (tertiary/aromatic N) is 3. The van der Waals surface area contributed by atoms with Gasteiger partial charge in [0.1, 0.15) is 6.34 Å². The molecule has 0 N–H and O–H groups in total. The van der Waals surface area contributed by atoms with Crippen molar-refractivity contribution in [2.75, 3.05) is 6.54 Å². The van der Waals surface area contributed by atoms with Gasteiger partial charge in [-0.15, -0.1) is 0 Å². The van der Waals surface area contributed by atoms with Crippen LogP contribution in [0, 0.1) is 0 Å². The number of hydrogen-bond acceptors (Lipinski definition) is 3. The summed E-state index contributed by atoms with van der Waals surface area (Å²) in [6.07, 6.45) is -4.74. The molecule has 13 heteroatoms. The van der Waals surface area contributed by atoms with Gasteiger partial charge in [-0.2, -0.15) is 27.1 Å². The molecular weight excluding hydrogens is 458 g/mol. The smallest absolute Gasteiger partial charge is 0.270 e. The van der Waals surface area contributed by atoms with E-state index < -0.39 is 31.4 Å². The summed E-state index contributed by atoms with van der Waals surface area (Å²) in [7, 11) is 0. The lowest BCUT2D eigenvalue weighted by Crippen LogP contribution is -2.64. The van der Waals surface area contributed by atoms with Gasteiger partial charge in [-0.3, -0.25) is 9.91 Å². The zero-order valence-electron chi connectivity index (χ0n) is 12.8. The van der Waals surface area contributed by atoms with Crippen LogP contribution < -0.4 is 0 Å². The topological polar surface area (TPSA) is 18.8 Å². The summed E-state index contributed by atoms with van der Waals surface area (Å²) >= 11 is 28.7. The Hall–Kier alpha value is 0.370. The molecule has 0 amide bonds. The van der Waals surface area contributed by atoms with Gasteiger partial charge in [0.15, 0.2) is 6.17 Å². The number of alkyl halides is 10. The normalized spacial score (nSPS) is 19.9. The van der Waals surface area contributed by atoms with E-state index in [-0.39, 0.29) is 6.54 Å². The Labute approximate surface area is 166 Å². The van der Waals surface area contributed by atoms with Crippen LogP contribution in [-0.4, -0.2) is 49.3 Å². The summed E-state index contributed by atoms with van der Waals surface area (Å²) in [5.41, 5.74) is 0. The van der Waals surface area contributed by atoms with Crippen molar-refractivity contribution in [1.29, 1.82) is 0 Å². The maximum absolute atomic E-state index is 13.9. The summed E-state index contributed by atoms with van der Waals surface area (Å²) in [6, 6.07) is -5.32. The van der Waals surface area contributed by atoms with E-state index in [1.807, 2.05) is 6.92 Å². The number of halogens is 10. The highest BCUT2D eigenvalue weighted by atomic mass is 35.6. The molecule has 0 aromatic rings. The summed E-state index contributed by atoms with van der Waals surface area (Å²) in [6.45, 7) is 1.96. The SMILES string of the molecule is CCCCCCN1N=CN(C(F)(F)C(F)(F)F)C1C(Cl)(Cl)C(Cl)(Cl)Cl. The number of rotatable bonds is 7. The van der Waals surface area contributed by atoms with Crippen LogP contribution in [-0.2, 0) is 0 Å². The van der Waals surface area contributed by atoms with Crippen molar-refractivity contribution in [2.24, 2.45) is 5.10 Å². The largest absolute Gasteiger partial charge is 0.475 e. The molecule has 1 aliphatic heterocycles. The van der Waals surface area contributed by atoms with Crippen LogP contribution in [0.3, 0.4) is 0 Å². The van der Waals surface area contributed by atoms with E-state index >= 15 is 0 Å². The van der Waals surface area contributed by atoms with E-state index in [0.29, 0.717) is 19.2 Å². The van der Waals surface area contributed by atoms with Crippen molar-refractivity contribution in [3.63, 3.8) is 0 Å². The second kappa shape index (κ2) is 8.17. The maximum Gasteiger partial charge on any atom is 0.475 e. The highest BCUT2D eigenvalue weighted by molar-refractivity contribution is 6.75. The van der Waals surface area contributed by atoms with E-state index in [4.69, 9.17) is 58.0 Å². The fraction of sp³-hybridized carbons (Fsp3) is 0.917. The lowest BCUT2D eigenvalue weighted by atomic mass is 10.2. The molecule has 0 aromatic heterocycles. The highest BCUT2D eigenvalue weighted by Gasteiger charge is 2.69. The van der Waals surface area contributed by atoms with E-state index in [0.717, 1.165) is 17.9 Å². The molecule has 25 heavy (non-hydrogen) atoms. The predicted octanol–water partition coefficient (Wildman–Crippen LogP) is 6.15. The first-order valence-corrected chi connectivity index (χ1v) is 9.05. The highest BCUT2D eigenvalue weighted by Crippen LogP contribution is 2.53. The summed E-state index contributed by atoms with van der Waals surface area (Å²) in [5, 5.41) is 4.44. The first-order valence-electron chi connectivity index (χ1n) is 7.16. The summed E-state index contributed by atoms with van der Waals surface area (Å²) in [5.74, 6) is 0. The zero-order chi connectivity index (χ0) is 19.7. The summed E-state index contributed by atoms with van der Waals surface area (Å²) in [4.78, 5) is -0.436. The Morgan fingerprint density at radius 2 is 1.52 bits per heavy atom. The van der Waals surface area contributed by atoms with Crippen molar-refractivity contribution in [3.05, 3.63) is 0 Å². The minimum absolute atomic E-state index is 0.00748. The van der Waals surface area contributed by atoms with Gasteiger partial charge in [-0.05, 0) is 6.42 Å². The third-order valence-corrected chi connectivity index (χ3v) is 5.91. The van der Waals surface area contributed by atoms with Crippen LogP contribution in [0.2, 0.25) is 0 Å². The minimum atomic E-state index is -5.91. The van der Waals surface area contributed by atoms with Crippen molar-refractivity contribution < 1.29 is 22.0 Å². The Morgan fingerprint density at radius 3 is 1.96 bits per heavy atom. The predicted molar refractivity (Wildman–Crippen MR) is 90.7 cm³/mol. The average Bonchev–Trinajstić information content (AvgIpc) is 2.86. The Morgan fingerprint density at radius 1 is 0.960 bits per heavy atom. The van der Waals surface area contributed by atoms with Crippen LogP contribution in [0.25, 0.3) is 0 Å². The van der Waals surface area contributed by atoms with Crippen LogP contribution in [0.4, 0.5) is 22.0 Å². The lowest BCUT2D eigenvalue weighted by molar-refractivity contribution is -0.334. The van der Waals surface area contributed by atoms with E-state index in [9.17, 15) is 22.0 Å². The van der Waals surface area contributed by atoms with Crippen molar-refractivity contribution >= 4 is 64.3 Å². The number of unbranched alkanes of at least 4 members (excludes halogenated alkanes) is 3. The first kappa shape index (κ1) is 23.4. The lowest BCUT2D eigenvalue weighted by Gasteiger charge is -2.43. The summed E-state index contributed by atoms with van der Waals surface area (Å²) < 4.78 is 60.8. The fourth-order valence-corrected chi connectivity index (χ4v) is 2.88. The van der Waals surface area contributed by atoms with Crippen LogP contribution >= 0.6 is 58.0 Å². The van der Waals surface area contributed by atoms with Crippen molar-refractivity contribution in [3.8, 4) is 0 Å². The van der Waals surface area contributed by atoms with E-state index in [1.54, 1.807) is 0 Å². The molecule has 148 valence electrons. The maximum atomic E-state index is 13.9. The average molecular weight is 474 g/mol. The molecule has 1 aliphatic rings. The van der Waals surface area contributed by atoms with Gasteiger partial charge in [-0.1, -0.05) is 84.2 Å². The molecule has 1 rings (SSSR count). The van der Waals surface area contributed by atoms with Gasteiger partial charge in [0.25, 0.3) is 0 Å². The quantitative estimate of drug-likeness (QED) is 0.191. The third kappa shape index (κ3) is 5.00. The Bertz CT molecular complexity index is 481. The van der Waals surface area contributed by atoms with Gasteiger partial charge in [-0.25, -0.2) is 0 Å². The van der Waals surface area contributed by atoms with Crippen LogP contribution in [0.5, 0.6) is 0 Å². The van der Waals surface area contributed by atoms with Crippen molar-refractivity contribution in [1.82, 2.24) is 9.91 Å². The second-order valence-corrected chi connectivity index (χ2v) is 9.06. The van der Waals surface area contributed by atoms with Gasteiger partial charge >= 0.3 is 12.2 Å². The van der Waals surface area contributed by atoms with Gasteiger partial charge in [0.05, 0.1) is 0 Å². The van der Waals surface area contributed by atoms with Crippen LogP contribution in [0.15, 0.2) is 5.10 Å². The fourth-order valence-electron chi connectivity index (χ4n) is 2.15. The van der Waals surface area contributed by atoms with Crippen molar-refractivity contribution in [2.45, 2.75) is 59.1 Å². The molecule has 1 heterocycles. The zero-order valence-corrected chi connectivity index (χ0v) is 16.6. The second-order valence-electron chi connectivity index (χ2n) is 5.40. The molecule has 0 aliphatic carbocycles. The molecule has 0 saturated carbocycles. The molecule has 0 radical (unpaired) electrons. The first-order chi connectivity index (χ1) is 11.2. The van der Waals surface area contributed by atoms with Gasteiger partial charge in [0, 0.05) is 6.54 Å². The third-order valence-electron chi connectivity index (χ3n) is 3.48. The molecule has 1 atom stereocenters.